The van der Waals surface area contributed by atoms with Gasteiger partial charge in [0, 0.05) is 6.04 Å². The van der Waals surface area contributed by atoms with Gasteiger partial charge >= 0.3 is 5.97 Å². The molecule has 0 unspecified atom stereocenters. The highest BCUT2D eigenvalue weighted by Crippen LogP contribution is 2.52. The van der Waals surface area contributed by atoms with Crippen LogP contribution in [0.4, 0.5) is 0 Å². The summed E-state index contributed by atoms with van der Waals surface area (Å²) in [6.45, 7) is 2.49. The predicted octanol–water partition coefficient (Wildman–Crippen LogP) is 1.87. The number of fused-ring (bicyclic) bond motifs is 1. The molecule has 5 nitrogen and oxygen atoms in total. The van der Waals surface area contributed by atoms with Gasteiger partial charge in [-0.3, -0.25) is 9.59 Å². The third-order valence-corrected chi connectivity index (χ3v) is 5.64. The number of hydrogen-bond donors (Lipinski definition) is 1. The number of aliphatic carboxylic acids is 1. The zero-order valence-electron chi connectivity index (χ0n) is 13.6. The van der Waals surface area contributed by atoms with Gasteiger partial charge in [-0.15, -0.1) is 0 Å². The van der Waals surface area contributed by atoms with Crippen LogP contribution in [-0.4, -0.2) is 46.2 Å². The van der Waals surface area contributed by atoms with E-state index in [2.05, 4.69) is 12.1 Å². The van der Waals surface area contributed by atoms with Gasteiger partial charge in [-0.25, -0.2) is 0 Å². The van der Waals surface area contributed by atoms with E-state index in [-0.39, 0.29) is 11.9 Å². The first-order chi connectivity index (χ1) is 11.5. The highest BCUT2D eigenvalue weighted by molar-refractivity contribution is 5.90. The topological polar surface area (TPSA) is 66.8 Å². The SMILES string of the molecule is C[C@H](CCc1ccccc1)N1C[C@@]23C=C[C@@H](O2)[C@@H](C(=O)O)[C@@H]3C1=O. The van der Waals surface area contributed by atoms with Crippen molar-refractivity contribution in [2.45, 2.75) is 37.5 Å². The normalized spacial score (nSPS) is 34.6. The number of rotatable bonds is 5. The van der Waals surface area contributed by atoms with Gasteiger partial charge in [0.25, 0.3) is 0 Å². The second-order valence-corrected chi connectivity index (χ2v) is 7.08. The Kier molecular flexibility index (Phi) is 3.49. The smallest absolute Gasteiger partial charge is 0.310 e. The average molecular weight is 327 g/mol. The molecule has 1 aromatic carbocycles. The second-order valence-electron chi connectivity index (χ2n) is 7.08. The van der Waals surface area contributed by atoms with Crippen molar-refractivity contribution >= 4 is 11.9 Å². The van der Waals surface area contributed by atoms with E-state index in [0.717, 1.165) is 12.8 Å². The maximum atomic E-state index is 12.9. The number of amides is 1. The van der Waals surface area contributed by atoms with E-state index >= 15 is 0 Å². The molecule has 1 N–H and O–H groups in total. The van der Waals surface area contributed by atoms with Crippen LogP contribution in [0.1, 0.15) is 18.9 Å². The van der Waals surface area contributed by atoms with Crippen LogP contribution < -0.4 is 0 Å². The summed E-state index contributed by atoms with van der Waals surface area (Å²) in [5.41, 5.74) is 0.515. The molecule has 5 heteroatoms. The lowest BCUT2D eigenvalue weighted by atomic mass is 9.77. The molecule has 126 valence electrons. The second kappa shape index (κ2) is 5.45. The van der Waals surface area contributed by atoms with E-state index in [1.165, 1.54) is 5.56 Å². The van der Waals surface area contributed by atoms with Gasteiger partial charge in [-0.1, -0.05) is 42.5 Å². The molecule has 24 heavy (non-hydrogen) atoms. The number of carbonyl (C=O) groups is 2. The van der Waals surface area contributed by atoms with Gasteiger partial charge in [0.1, 0.15) is 11.5 Å². The van der Waals surface area contributed by atoms with Gasteiger partial charge < -0.3 is 14.7 Å². The minimum atomic E-state index is -0.941. The number of nitrogens with zero attached hydrogens (tertiary/aromatic N) is 1. The lowest BCUT2D eigenvalue weighted by Gasteiger charge is -2.27. The first kappa shape index (κ1) is 15.4. The van der Waals surface area contributed by atoms with E-state index in [1.54, 1.807) is 6.08 Å². The third kappa shape index (κ3) is 2.18. The number of carboxylic acid groups (broad SMARTS) is 1. The van der Waals surface area contributed by atoms with Crippen LogP contribution in [0.3, 0.4) is 0 Å². The predicted molar refractivity (Wildman–Crippen MR) is 87.3 cm³/mol. The Morgan fingerprint density at radius 3 is 2.88 bits per heavy atom. The highest BCUT2D eigenvalue weighted by Gasteiger charge is 2.67. The van der Waals surface area contributed by atoms with Crippen LogP contribution in [0.5, 0.6) is 0 Å². The van der Waals surface area contributed by atoms with E-state index in [9.17, 15) is 14.7 Å². The molecule has 1 aromatic rings. The standard InChI is InChI=1S/C19H21NO4/c1-12(7-8-13-5-3-2-4-6-13)20-11-19-10-9-14(24-19)15(18(22)23)16(19)17(20)21/h2-6,9-10,12,14-16H,7-8,11H2,1H3,(H,22,23)/t12-,14-,15-,16-,19-/m1/s1. The van der Waals surface area contributed by atoms with E-state index in [0.29, 0.717) is 6.54 Å². The molecule has 0 aliphatic carbocycles. The van der Waals surface area contributed by atoms with Gasteiger partial charge in [-0.05, 0) is 25.3 Å². The molecule has 3 heterocycles. The largest absolute Gasteiger partial charge is 0.481 e. The Labute approximate surface area is 140 Å². The van der Waals surface area contributed by atoms with Crippen molar-refractivity contribution in [3.63, 3.8) is 0 Å². The van der Waals surface area contributed by atoms with Crippen LogP contribution in [0, 0.1) is 11.8 Å². The van der Waals surface area contributed by atoms with Crippen molar-refractivity contribution in [1.82, 2.24) is 4.90 Å². The number of aryl methyl sites for hydroxylation is 1. The molecule has 0 saturated carbocycles. The van der Waals surface area contributed by atoms with Gasteiger partial charge in [0.15, 0.2) is 0 Å². The van der Waals surface area contributed by atoms with Crippen molar-refractivity contribution in [3.05, 3.63) is 48.0 Å². The molecule has 1 spiro atoms. The van der Waals surface area contributed by atoms with Crippen LogP contribution >= 0.6 is 0 Å². The van der Waals surface area contributed by atoms with Gasteiger partial charge in [-0.2, -0.15) is 0 Å². The Morgan fingerprint density at radius 1 is 1.42 bits per heavy atom. The number of likely N-dealkylation sites (tertiary alicyclic amines) is 1. The lowest BCUT2D eigenvalue weighted by molar-refractivity contribution is -0.148. The molecular weight excluding hydrogens is 306 g/mol. The van der Waals surface area contributed by atoms with Crippen LogP contribution in [0.15, 0.2) is 42.5 Å². The van der Waals surface area contributed by atoms with E-state index < -0.39 is 29.5 Å². The number of carbonyl (C=O) groups excluding carboxylic acids is 1. The summed E-state index contributed by atoms with van der Waals surface area (Å²) in [6.07, 6.45) is 5.00. The van der Waals surface area contributed by atoms with Crippen LogP contribution in [-0.2, 0) is 20.7 Å². The molecule has 3 aliphatic rings. The quantitative estimate of drug-likeness (QED) is 0.839. The maximum Gasteiger partial charge on any atom is 0.310 e. The Balaban J connectivity index is 1.49. The summed E-state index contributed by atoms with van der Waals surface area (Å²) in [6, 6.07) is 10.2. The maximum absolute atomic E-state index is 12.9. The number of benzene rings is 1. The molecule has 2 saturated heterocycles. The molecule has 4 rings (SSSR count). The van der Waals surface area contributed by atoms with Crippen LogP contribution in [0.2, 0.25) is 0 Å². The molecule has 5 atom stereocenters. The molecule has 1 amide bonds. The molecule has 0 radical (unpaired) electrons. The fourth-order valence-corrected chi connectivity index (χ4v) is 4.36. The summed E-state index contributed by atoms with van der Waals surface area (Å²) in [5.74, 6) is -2.35. The third-order valence-electron chi connectivity index (χ3n) is 5.64. The fourth-order valence-electron chi connectivity index (χ4n) is 4.36. The number of ether oxygens (including phenoxy) is 1. The first-order valence-electron chi connectivity index (χ1n) is 8.46. The molecule has 0 aromatic heterocycles. The first-order valence-corrected chi connectivity index (χ1v) is 8.46. The summed E-state index contributed by atoms with van der Waals surface area (Å²) in [4.78, 5) is 26.3. The zero-order valence-corrected chi connectivity index (χ0v) is 13.6. The van der Waals surface area contributed by atoms with Gasteiger partial charge in [0.05, 0.1) is 18.6 Å². The van der Waals surface area contributed by atoms with Crippen molar-refractivity contribution < 1.29 is 19.4 Å². The summed E-state index contributed by atoms with van der Waals surface area (Å²) in [5, 5.41) is 9.49. The van der Waals surface area contributed by atoms with Gasteiger partial charge in [0.2, 0.25) is 5.91 Å². The monoisotopic (exact) mass is 327 g/mol. The fraction of sp³-hybridized carbons (Fsp3) is 0.474. The summed E-state index contributed by atoms with van der Waals surface area (Å²) >= 11 is 0. The number of carboxylic acids is 1. The van der Waals surface area contributed by atoms with Crippen LogP contribution in [0.25, 0.3) is 0 Å². The van der Waals surface area contributed by atoms with E-state index in [4.69, 9.17) is 4.74 Å². The lowest BCUT2D eigenvalue weighted by Crippen LogP contribution is -2.40. The molecule has 2 bridgehead atoms. The Hall–Kier alpha value is -2.14. The molecular formula is C19H21NO4. The van der Waals surface area contributed by atoms with Crippen molar-refractivity contribution in [1.29, 1.82) is 0 Å². The Bertz CT molecular complexity index is 701. The summed E-state index contributed by atoms with van der Waals surface area (Å²) < 4.78 is 5.92. The summed E-state index contributed by atoms with van der Waals surface area (Å²) in [7, 11) is 0. The minimum Gasteiger partial charge on any atom is -0.481 e. The number of hydrogen-bond acceptors (Lipinski definition) is 3. The Morgan fingerprint density at radius 2 is 2.17 bits per heavy atom. The average Bonchev–Trinajstić information content (AvgIpc) is 3.22. The zero-order chi connectivity index (χ0) is 16.9. The highest BCUT2D eigenvalue weighted by atomic mass is 16.5. The van der Waals surface area contributed by atoms with Crippen molar-refractivity contribution in [2.24, 2.45) is 11.8 Å². The molecule has 3 aliphatic heterocycles. The van der Waals surface area contributed by atoms with Crippen molar-refractivity contribution in [3.8, 4) is 0 Å². The molecule has 2 fully saturated rings. The van der Waals surface area contributed by atoms with Crippen molar-refractivity contribution in [2.75, 3.05) is 6.54 Å². The minimum absolute atomic E-state index is 0.0585. The van der Waals surface area contributed by atoms with E-state index in [1.807, 2.05) is 36.1 Å².